The third kappa shape index (κ3) is 9.85. The van der Waals surface area contributed by atoms with Gasteiger partial charge in [0.1, 0.15) is 5.75 Å². The van der Waals surface area contributed by atoms with Crippen LogP contribution in [0.4, 0.5) is 0 Å². The summed E-state index contributed by atoms with van der Waals surface area (Å²) in [4.78, 5) is 16.5. The van der Waals surface area contributed by atoms with E-state index in [4.69, 9.17) is 11.6 Å². The van der Waals surface area contributed by atoms with Crippen LogP contribution in [0.1, 0.15) is 29.3 Å². The lowest BCUT2D eigenvalue weighted by Gasteiger charge is -2.11. The van der Waals surface area contributed by atoms with Gasteiger partial charge in [-0.2, -0.15) is 0 Å². The summed E-state index contributed by atoms with van der Waals surface area (Å²) in [5.41, 5.74) is 1.66. The second kappa shape index (κ2) is 14.1. The first kappa shape index (κ1) is 25.0. The number of guanidine groups is 1. The number of halogens is 2. The average Bonchev–Trinajstić information content (AvgIpc) is 2.69. The highest BCUT2D eigenvalue weighted by atomic mass is 127. The van der Waals surface area contributed by atoms with E-state index in [2.05, 4.69) is 20.9 Å². The number of aliphatic imine (C=N–C) groups is 1. The Labute approximate surface area is 194 Å². The first-order chi connectivity index (χ1) is 13.6. The highest BCUT2D eigenvalue weighted by molar-refractivity contribution is 14.0. The fraction of sp³-hybridized carbons (Fsp3) is 0.333. The molecule has 0 saturated carbocycles. The highest BCUT2D eigenvalue weighted by Crippen LogP contribution is 2.10. The van der Waals surface area contributed by atoms with Crippen LogP contribution in [0.25, 0.3) is 0 Å². The molecule has 0 aliphatic heterocycles. The van der Waals surface area contributed by atoms with Crippen molar-refractivity contribution in [1.82, 2.24) is 16.0 Å². The van der Waals surface area contributed by atoms with Crippen LogP contribution < -0.4 is 16.0 Å². The molecule has 0 unspecified atom stereocenters. The third-order valence-corrected chi connectivity index (χ3v) is 4.21. The van der Waals surface area contributed by atoms with Crippen LogP contribution in [-0.2, 0) is 6.42 Å². The van der Waals surface area contributed by atoms with Gasteiger partial charge >= 0.3 is 0 Å². The number of hydrogen-bond donors (Lipinski definition) is 4. The van der Waals surface area contributed by atoms with Gasteiger partial charge in [0.2, 0.25) is 0 Å². The predicted molar refractivity (Wildman–Crippen MR) is 130 cm³/mol. The van der Waals surface area contributed by atoms with Crippen molar-refractivity contribution in [1.29, 1.82) is 0 Å². The molecule has 0 fully saturated rings. The Morgan fingerprint density at radius 1 is 1.07 bits per heavy atom. The molecular formula is C21H28ClIN4O2. The Morgan fingerprint density at radius 2 is 1.83 bits per heavy atom. The van der Waals surface area contributed by atoms with Crippen LogP contribution in [0, 0.1) is 0 Å². The van der Waals surface area contributed by atoms with Gasteiger partial charge in [-0.1, -0.05) is 29.8 Å². The van der Waals surface area contributed by atoms with Gasteiger partial charge in [0, 0.05) is 36.8 Å². The highest BCUT2D eigenvalue weighted by Gasteiger charge is 2.05. The summed E-state index contributed by atoms with van der Waals surface area (Å²) >= 11 is 5.90. The Kier molecular flexibility index (Phi) is 12.1. The maximum absolute atomic E-state index is 12.0. The summed E-state index contributed by atoms with van der Waals surface area (Å²) in [6.45, 7) is 4.67. The van der Waals surface area contributed by atoms with Crippen molar-refractivity contribution in [2.24, 2.45) is 4.99 Å². The standard InChI is InChI=1S/C21H27ClN4O2.HI/c1-2-23-21(26-14-11-16-7-9-18(22)10-8-16)25-13-4-12-24-20(28)17-5-3-6-19(27)15-17;/h3,5-10,15,27H,2,4,11-14H2,1H3,(H,24,28)(H2,23,25,26);1H. The van der Waals surface area contributed by atoms with Crippen LogP contribution >= 0.6 is 35.6 Å². The number of rotatable bonds is 9. The molecule has 0 saturated heterocycles. The SMILES string of the molecule is CCNC(=NCCCNC(=O)c1cccc(O)c1)NCCc1ccc(Cl)cc1.I. The minimum atomic E-state index is -0.201. The number of nitrogens with one attached hydrogen (secondary N) is 3. The number of phenols is 1. The summed E-state index contributed by atoms with van der Waals surface area (Å²) in [7, 11) is 0. The average molecular weight is 531 g/mol. The monoisotopic (exact) mass is 530 g/mol. The van der Waals surface area contributed by atoms with Gasteiger partial charge in [-0.15, -0.1) is 24.0 Å². The van der Waals surface area contributed by atoms with Gasteiger partial charge in [0.15, 0.2) is 5.96 Å². The number of carbonyl (C=O) groups excluding carboxylic acids is 1. The number of amides is 1. The number of nitrogens with zero attached hydrogens (tertiary/aromatic N) is 1. The topological polar surface area (TPSA) is 85.8 Å². The molecule has 0 aliphatic rings. The number of benzene rings is 2. The maximum atomic E-state index is 12.0. The first-order valence-corrected chi connectivity index (χ1v) is 9.80. The van der Waals surface area contributed by atoms with Crippen molar-refractivity contribution in [3.05, 3.63) is 64.7 Å². The summed E-state index contributed by atoms with van der Waals surface area (Å²) in [6.07, 6.45) is 1.60. The molecule has 2 aromatic rings. The Balaban J connectivity index is 0.00000420. The van der Waals surface area contributed by atoms with E-state index in [1.165, 1.54) is 17.7 Å². The summed E-state index contributed by atoms with van der Waals surface area (Å²) in [6, 6.07) is 14.1. The molecule has 29 heavy (non-hydrogen) atoms. The minimum Gasteiger partial charge on any atom is -0.508 e. The first-order valence-electron chi connectivity index (χ1n) is 9.42. The van der Waals surface area contributed by atoms with Crippen molar-refractivity contribution in [2.45, 2.75) is 19.8 Å². The number of carbonyl (C=O) groups is 1. The second-order valence-electron chi connectivity index (χ2n) is 6.22. The van der Waals surface area contributed by atoms with E-state index in [1.54, 1.807) is 12.1 Å². The van der Waals surface area contributed by atoms with Crippen LogP contribution in [-0.4, -0.2) is 43.2 Å². The zero-order valence-corrected chi connectivity index (χ0v) is 19.5. The molecule has 0 spiro atoms. The molecule has 1 amide bonds. The predicted octanol–water partition coefficient (Wildman–Crippen LogP) is 3.58. The van der Waals surface area contributed by atoms with Gasteiger partial charge in [-0.3, -0.25) is 9.79 Å². The van der Waals surface area contributed by atoms with E-state index in [9.17, 15) is 9.90 Å². The Hall–Kier alpha value is -2.00. The Morgan fingerprint density at radius 3 is 2.52 bits per heavy atom. The minimum absolute atomic E-state index is 0. The lowest BCUT2D eigenvalue weighted by molar-refractivity contribution is 0.0953. The lowest BCUT2D eigenvalue weighted by atomic mass is 10.1. The number of phenolic OH excluding ortho intramolecular Hbond substituents is 1. The largest absolute Gasteiger partial charge is 0.508 e. The fourth-order valence-corrected chi connectivity index (χ4v) is 2.67. The van der Waals surface area contributed by atoms with E-state index in [0.29, 0.717) is 18.7 Å². The molecule has 8 heteroatoms. The van der Waals surface area contributed by atoms with Crippen LogP contribution in [0.15, 0.2) is 53.5 Å². The van der Waals surface area contributed by atoms with Gasteiger partial charge in [0.25, 0.3) is 5.91 Å². The molecule has 4 N–H and O–H groups in total. The van der Waals surface area contributed by atoms with Gasteiger partial charge in [-0.25, -0.2) is 0 Å². The Bertz CT molecular complexity index is 785. The molecule has 158 valence electrons. The zero-order chi connectivity index (χ0) is 20.2. The summed E-state index contributed by atoms with van der Waals surface area (Å²) in [5, 5.41) is 19.5. The van der Waals surface area contributed by atoms with E-state index >= 15 is 0 Å². The van der Waals surface area contributed by atoms with Crippen molar-refractivity contribution >= 4 is 47.4 Å². The van der Waals surface area contributed by atoms with Crippen molar-refractivity contribution in [2.75, 3.05) is 26.2 Å². The molecule has 2 aromatic carbocycles. The van der Waals surface area contributed by atoms with Gasteiger partial charge in [-0.05, 0) is 55.7 Å². The van der Waals surface area contributed by atoms with Gasteiger partial charge < -0.3 is 21.1 Å². The van der Waals surface area contributed by atoms with E-state index in [1.807, 2.05) is 31.2 Å². The second-order valence-corrected chi connectivity index (χ2v) is 6.66. The molecule has 0 atom stereocenters. The molecular weight excluding hydrogens is 503 g/mol. The lowest BCUT2D eigenvalue weighted by Crippen LogP contribution is -2.38. The molecule has 0 bridgehead atoms. The van der Waals surface area contributed by atoms with Crippen LogP contribution in [0.5, 0.6) is 5.75 Å². The summed E-state index contributed by atoms with van der Waals surface area (Å²) < 4.78 is 0. The van der Waals surface area contributed by atoms with Crippen molar-refractivity contribution in [3.63, 3.8) is 0 Å². The van der Waals surface area contributed by atoms with Crippen molar-refractivity contribution < 1.29 is 9.90 Å². The normalized spacial score (nSPS) is 10.8. The summed E-state index contributed by atoms with van der Waals surface area (Å²) in [5.74, 6) is 0.640. The number of aromatic hydroxyl groups is 1. The number of hydrogen-bond acceptors (Lipinski definition) is 3. The maximum Gasteiger partial charge on any atom is 0.251 e. The zero-order valence-electron chi connectivity index (χ0n) is 16.5. The fourth-order valence-electron chi connectivity index (χ4n) is 2.54. The molecule has 0 aliphatic carbocycles. The molecule has 6 nitrogen and oxygen atoms in total. The van der Waals surface area contributed by atoms with Gasteiger partial charge in [0.05, 0.1) is 0 Å². The smallest absolute Gasteiger partial charge is 0.251 e. The van der Waals surface area contributed by atoms with Crippen LogP contribution in [0.3, 0.4) is 0 Å². The molecule has 2 rings (SSSR count). The molecule has 0 aromatic heterocycles. The van der Waals surface area contributed by atoms with Crippen molar-refractivity contribution in [3.8, 4) is 5.75 Å². The van der Waals surface area contributed by atoms with E-state index in [-0.39, 0.29) is 35.6 Å². The van der Waals surface area contributed by atoms with E-state index in [0.717, 1.165) is 36.9 Å². The molecule has 0 radical (unpaired) electrons. The molecule has 0 heterocycles. The quantitative estimate of drug-likeness (QED) is 0.173. The van der Waals surface area contributed by atoms with E-state index < -0.39 is 0 Å². The van der Waals surface area contributed by atoms with Crippen LogP contribution in [0.2, 0.25) is 5.02 Å². The third-order valence-electron chi connectivity index (χ3n) is 3.96.